The van der Waals surface area contributed by atoms with Gasteiger partial charge in [-0.15, -0.1) is 11.3 Å². The monoisotopic (exact) mass is 395 g/mol. The molecule has 0 radical (unpaired) electrons. The molecule has 0 atom stereocenters. The number of carbonyl (C=O) groups is 1. The quantitative estimate of drug-likeness (QED) is 0.801. The van der Waals surface area contributed by atoms with Crippen molar-refractivity contribution in [2.75, 3.05) is 6.54 Å². The zero-order valence-electron chi connectivity index (χ0n) is 11.7. The van der Waals surface area contributed by atoms with Crippen molar-refractivity contribution >= 4 is 43.3 Å². The highest BCUT2D eigenvalue weighted by atomic mass is 79.9. The third-order valence-corrected chi connectivity index (χ3v) is 7.98. The van der Waals surface area contributed by atoms with E-state index in [4.69, 9.17) is 0 Å². The predicted octanol–water partition coefficient (Wildman–Crippen LogP) is 3.13. The minimum atomic E-state index is -3.66. The average molecular weight is 396 g/mol. The number of hydrogen-bond donors (Lipinski definition) is 2. The van der Waals surface area contributed by atoms with E-state index in [1.807, 2.05) is 6.92 Å². The van der Waals surface area contributed by atoms with Crippen LogP contribution in [0.5, 0.6) is 0 Å². The van der Waals surface area contributed by atoms with Crippen molar-refractivity contribution in [1.29, 1.82) is 0 Å². The Balaban J connectivity index is 2.15. The molecule has 0 aliphatic heterocycles. The molecule has 1 fully saturated rings. The van der Waals surface area contributed by atoms with E-state index in [1.54, 1.807) is 6.07 Å². The number of hydrogen-bond acceptors (Lipinski definition) is 4. The Bertz CT molecular complexity index is 613. The first-order chi connectivity index (χ1) is 9.77. The molecule has 1 aliphatic rings. The fourth-order valence-corrected chi connectivity index (χ4v) is 5.96. The van der Waals surface area contributed by atoms with Crippen LogP contribution in [-0.4, -0.2) is 26.0 Å². The van der Waals surface area contributed by atoms with E-state index in [9.17, 15) is 18.3 Å². The summed E-state index contributed by atoms with van der Waals surface area (Å²) >= 11 is 4.44. The van der Waals surface area contributed by atoms with Gasteiger partial charge in [-0.3, -0.25) is 4.79 Å². The molecule has 21 heavy (non-hydrogen) atoms. The number of carboxylic acid groups (broad SMARTS) is 1. The minimum Gasteiger partial charge on any atom is -0.481 e. The van der Waals surface area contributed by atoms with Crippen LogP contribution >= 0.6 is 27.3 Å². The Hall–Kier alpha value is -0.440. The number of aryl methyl sites for hydroxylation is 1. The van der Waals surface area contributed by atoms with Gasteiger partial charge in [0, 0.05) is 6.54 Å². The lowest BCUT2D eigenvalue weighted by molar-refractivity contribution is -0.150. The highest BCUT2D eigenvalue weighted by molar-refractivity contribution is 9.11. The lowest BCUT2D eigenvalue weighted by Gasteiger charge is -2.33. The van der Waals surface area contributed by atoms with Crippen molar-refractivity contribution < 1.29 is 18.3 Å². The first kappa shape index (κ1) is 16.9. The standard InChI is InChI=1S/C13H18BrNO4S2/c1-9-7-10(20-11(9)14)21(18,19)15-8-13(12(16)17)5-3-2-4-6-13/h7,15H,2-6,8H2,1H3,(H,16,17). The third-order valence-electron chi connectivity index (χ3n) is 3.96. The molecule has 1 aromatic rings. The van der Waals surface area contributed by atoms with Crippen molar-refractivity contribution in [1.82, 2.24) is 4.72 Å². The zero-order chi connectivity index (χ0) is 15.7. The normalized spacial score (nSPS) is 18.6. The molecule has 0 bridgehead atoms. The van der Waals surface area contributed by atoms with Gasteiger partial charge in [0.2, 0.25) is 10.0 Å². The predicted molar refractivity (Wildman–Crippen MR) is 85.1 cm³/mol. The molecule has 0 spiro atoms. The molecule has 1 aromatic heterocycles. The van der Waals surface area contributed by atoms with Gasteiger partial charge in [0.25, 0.3) is 0 Å². The van der Waals surface area contributed by atoms with Crippen LogP contribution in [-0.2, 0) is 14.8 Å². The summed E-state index contributed by atoms with van der Waals surface area (Å²) in [7, 11) is -3.66. The lowest BCUT2D eigenvalue weighted by Crippen LogP contribution is -2.44. The third kappa shape index (κ3) is 3.67. The second kappa shape index (κ2) is 6.36. The van der Waals surface area contributed by atoms with Crippen LogP contribution in [0.3, 0.4) is 0 Å². The van der Waals surface area contributed by atoms with Gasteiger partial charge in [-0.1, -0.05) is 19.3 Å². The summed E-state index contributed by atoms with van der Waals surface area (Å²) in [5.41, 5.74) is -0.111. The molecule has 0 amide bonds. The Morgan fingerprint density at radius 2 is 2.05 bits per heavy atom. The average Bonchev–Trinajstić information content (AvgIpc) is 2.78. The Morgan fingerprint density at radius 3 is 2.52 bits per heavy atom. The number of halogens is 1. The largest absolute Gasteiger partial charge is 0.481 e. The van der Waals surface area contributed by atoms with E-state index >= 15 is 0 Å². The molecule has 2 N–H and O–H groups in total. The molecule has 0 saturated heterocycles. The highest BCUT2D eigenvalue weighted by Gasteiger charge is 2.40. The smallest absolute Gasteiger partial charge is 0.310 e. The minimum absolute atomic E-state index is 0.0424. The second-order valence-electron chi connectivity index (χ2n) is 5.49. The number of nitrogens with one attached hydrogen (secondary N) is 1. The molecule has 1 aliphatic carbocycles. The lowest BCUT2D eigenvalue weighted by atomic mass is 9.74. The molecule has 1 saturated carbocycles. The first-order valence-electron chi connectivity index (χ1n) is 6.76. The Morgan fingerprint density at radius 1 is 1.43 bits per heavy atom. The number of thiophene rings is 1. The van der Waals surface area contributed by atoms with Crippen molar-refractivity contribution in [3.63, 3.8) is 0 Å². The molecule has 118 valence electrons. The molecule has 0 unspecified atom stereocenters. The van der Waals surface area contributed by atoms with Crippen LogP contribution < -0.4 is 4.72 Å². The van der Waals surface area contributed by atoms with Crippen LogP contribution in [0, 0.1) is 12.3 Å². The fraction of sp³-hybridized carbons (Fsp3) is 0.615. The van der Waals surface area contributed by atoms with Gasteiger partial charge in [0.05, 0.1) is 9.20 Å². The molecule has 2 rings (SSSR count). The van der Waals surface area contributed by atoms with Gasteiger partial charge in [-0.05, 0) is 47.3 Å². The van der Waals surface area contributed by atoms with Crippen molar-refractivity contribution in [2.24, 2.45) is 5.41 Å². The summed E-state index contributed by atoms with van der Waals surface area (Å²) in [6, 6.07) is 1.59. The molecule has 5 nitrogen and oxygen atoms in total. The van der Waals surface area contributed by atoms with Gasteiger partial charge in [0.15, 0.2) is 0 Å². The summed E-state index contributed by atoms with van der Waals surface area (Å²) in [4.78, 5) is 11.5. The number of aliphatic carboxylic acids is 1. The second-order valence-corrected chi connectivity index (χ2v) is 9.86. The van der Waals surface area contributed by atoms with Crippen molar-refractivity contribution in [2.45, 2.75) is 43.2 Å². The van der Waals surface area contributed by atoms with Crippen LogP contribution in [0.1, 0.15) is 37.7 Å². The van der Waals surface area contributed by atoms with Gasteiger partial charge in [-0.25, -0.2) is 13.1 Å². The topological polar surface area (TPSA) is 83.5 Å². The van der Waals surface area contributed by atoms with Gasteiger partial charge in [0.1, 0.15) is 4.21 Å². The van der Waals surface area contributed by atoms with Gasteiger partial charge < -0.3 is 5.11 Å². The maximum atomic E-state index is 12.3. The maximum Gasteiger partial charge on any atom is 0.310 e. The number of carboxylic acids is 1. The highest BCUT2D eigenvalue weighted by Crippen LogP contribution is 2.37. The fourth-order valence-electron chi connectivity index (χ4n) is 2.56. The van der Waals surface area contributed by atoms with Crippen molar-refractivity contribution in [3.8, 4) is 0 Å². The van der Waals surface area contributed by atoms with E-state index < -0.39 is 21.4 Å². The number of rotatable bonds is 5. The molecule has 8 heteroatoms. The summed E-state index contributed by atoms with van der Waals surface area (Å²) in [5.74, 6) is -0.909. The molecular weight excluding hydrogens is 378 g/mol. The summed E-state index contributed by atoms with van der Waals surface area (Å²) in [6.45, 7) is 1.78. The molecule has 0 aromatic carbocycles. The van der Waals surface area contributed by atoms with Crippen LogP contribution in [0.4, 0.5) is 0 Å². The Kier molecular flexibility index (Phi) is 5.12. The van der Waals surface area contributed by atoms with E-state index in [1.165, 1.54) is 0 Å². The molecule has 1 heterocycles. The van der Waals surface area contributed by atoms with Crippen molar-refractivity contribution in [3.05, 3.63) is 15.4 Å². The maximum absolute atomic E-state index is 12.3. The molecular formula is C13H18BrNO4S2. The summed E-state index contributed by atoms with van der Waals surface area (Å²) in [6.07, 6.45) is 3.73. The van der Waals surface area contributed by atoms with E-state index in [2.05, 4.69) is 20.7 Å². The Labute approximate surface area is 136 Å². The summed E-state index contributed by atoms with van der Waals surface area (Å²) in [5, 5.41) is 9.46. The SMILES string of the molecule is Cc1cc(S(=O)(=O)NCC2(C(=O)O)CCCCC2)sc1Br. The zero-order valence-corrected chi connectivity index (χ0v) is 14.9. The number of sulfonamides is 1. The van der Waals surface area contributed by atoms with Gasteiger partial charge in [-0.2, -0.15) is 0 Å². The van der Waals surface area contributed by atoms with Crippen LogP contribution in [0.2, 0.25) is 0 Å². The van der Waals surface area contributed by atoms with E-state index in [0.717, 1.165) is 39.9 Å². The van der Waals surface area contributed by atoms with Gasteiger partial charge >= 0.3 is 5.97 Å². The summed E-state index contributed by atoms with van der Waals surface area (Å²) < 4.78 is 28.1. The van der Waals surface area contributed by atoms with Crippen LogP contribution in [0.15, 0.2) is 14.1 Å². The first-order valence-corrected chi connectivity index (χ1v) is 9.85. The van der Waals surface area contributed by atoms with E-state index in [-0.39, 0.29) is 10.8 Å². The van der Waals surface area contributed by atoms with Crippen LogP contribution in [0.25, 0.3) is 0 Å². The van der Waals surface area contributed by atoms with E-state index in [0.29, 0.717) is 12.8 Å².